The van der Waals surface area contributed by atoms with E-state index < -0.39 is 6.09 Å². The Morgan fingerprint density at radius 1 is 0.463 bits per heavy atom. The van der Waals surface area contributed by atoms with Gasteiger partial charge in [0.15, 0.2) is 0 Å². The summed E-state index contributed by atoms with van der Waals surface area (Å²) in [6.07, 6.45) is 0.271. The highest BCUT2D eigenvalue weighted by atomic mass is 16.6. The van der Waals surface area contributed by atoms with Crippen molar-refractivity contribution < 1.29 is 61.6 Å². The van der Waals surface area contributed by atoms with Gasteiger partial charge in [-0.2, -0.15) is 0 Å². The molecule has 0 bridgehead atoms. The van der Waals surface area contributed by atoms with Gasteiger partial charge in [0.05, 0.1) is 132 Å². The summed E-state index contributed by atoms with van der Waals surface area (Å²) in [7, 11) is 0. The van der Waals surface area contributed by atoms with Gasteiger partial charge < -0.3 is 62.2 Å². The molecule has 0 radical (unpaired) electrons. The van der Waals surface area contributed by atoms with Crippen molar-refractivity contribution >= 4 is 6.09 Å². The molecule has 1 aliphatic rings. The minimum absolute atomic E-state index is 0.0501. The van der Waals surface area contributed by atoms with Gasteiger partial charge in [-0.1, -0.05) is 48.5 Å². The Labute approximate surface area is 321 Å². The maximum atomic E-state index is 12.3. The number of benzene rings is 2. The Morgan fingerprint density at radius 2 is 0.778 bits per heavy atom. The van der Waals surface area contributed by atoms with Crippen molar-refractivity contribution in [2.45, 2.75) is 19.3 Å². The van der Waals surface area contributed by atoms with Crippen LogP contribution in [0.1, 0.15) is 30.4 Å². The topological polar surface area (TPSA) is 140 Å². The Bertz CT molecular complexity index is 1140. The maximum Gasteiger partial charge on any atom is 0.407 e. The molecule has 1 aliphatic carbocycles. The van der Waals surface area contributed by atoms with Crippen LogP contribution in [0.5, 0.6) is 0 Å². The number of ether oxygens (including phenoxy) is 12. The number of carbonyl (C=O) groups is 1. The number of alkyl carbamates (subject to hydrolysis) is 1. The normalized spacial score (nSPS) is 12.2. The summed E-state index contributed by atoms with van der Waals surface area (Å²) in [5, 5.41) is 2.81. The number of amides is 1. The molecule has 14 nitrogen and oxygen atoms in total. The number of hydrogen-bond donors (Lipinski definition) is 1. The molecule has 306 valence electrons. The van der Waals surface area contributed by atoms with E-state index in [0.29, 0.717) is 165 Å². The summed E-state index contributed by atoms with van der Waals surface area (Å²) >= 11 is 0. The molecule has 2 aromatic carbocycles. The molecular formula is C40H63NO13. The highest BCUT2D eigenvalue weighted by molar-refractivity contribution is 5.79. The number of hydrogen-bond acceptors (Lipinski definition) is 13. The van der Waals surface area contributed by atoms with E-state index >= 15 is 0 Å². The molecule has 1 amide bonds. The fourth-order valence-electron chi connectivity index (χ4n) is 5.36. The van der Waals surface area contributed by atoms with E-state index in [9.17, 15) is 4.79 Å². The second-order valence-corrected chi connectivity index (χ2v) is 11.9. The molecule has 0 atom stereocenters. The first-order valence-electron chi connectivity index (χ1n) is 19.2. The standard InChI is InChI=1S/C40H63NO13/c1-2-43-14-15-45-18-19-47-22-23-49-26-27-51-30-31-53-33-32-52-29-28-50-25-24-48-21-20-46-17-16-44-13-7-12-41-40(42)54-34-39-37-10-5-3-8-35(37)36-9-4-6-11-38(36)39/h3-6,8-11,39H,2,7,12-34H2,1H3,(H,41,42). The summed E-state index contributed by atoms with van der Waals surface area (Å²) in [5.74, 6) is 0.0501. The van der Waals surface area contributed by atoms with Crippen LogP contribution >= 0.6 is 0 Å². The van der Waals surface area contributed by atoms with Gasteiger partial charge in [0.2, 0.25) is 0 Å². The molecule has 0 aromatic heterocycles. The zero-order chi connectivity index (χ0) is 38.0. The highest BCUT2D eigenvalue weighted by Gasteiger charge is 2.28. The van der Waals surface area contributed by atoms with E-state index in [2.05, 4.69) is 29.6 Å². The zero-order valence-corrected chi connectivity index (χ0v) is 32.2. The molecule has 0 saturated carbocycles. The Hall–Kier alpha value is -2.73. The summed E-state index contributed by atoms with van der Waals surface area (Å²) in [6.45, 7) is 14.3. The molecule has 0 unspecified atom stereocenters. The van der Waals surface area contributed by atoms with Gasteiger partial charge >= 0.3 is 6.09 Å². The van der Waals surface area contributed by atoms with Crippen molar-refractivity contribution in [3.63, 3.8) is 0 Å². The zero-order valence-electron chi connectivity index (χ0n) is 32.2. The predicted octanol–water partition coefficient (Wildman–Crippen LogP) is 4.12. The average molecular weight is 766 g/mol. The first kappa shape index (κ1) is 45.7. The number of nitrogens with one attached hydrogen (secondary N) is 1. The lowest BCUT2D eigenvalue weighted by Crippen LogP contribution is -2.27. The second kappa shape index (κ2) is 32.5. The first-order valence-corrected chi connectivity index (χ1v) is 19.2. The van der Waals surface area contributed by atoms with Gasteiger partial charge in [0.1, 0.15) is 6.61 Å². The maximum absolute atomic E-state index is 12.3. The monoisotopic (exact) mass is 765 g/mol. The first-order chi connectivity index (χ1) is 26.8. The SMILES string of the molecule is CCOCCOCCOCCOCCOCCOCCOCCOCCOCCOCCOCCCNC(=O)OCC1c2ccccc2-c2ccccc21. The minimum Gasteiger partial charge on any atom is -0.449 e. The van der Waals surface area contributed by atoms with Crippen molar-refractivity contribution in [2.24, 2.45) is 0 Å². The second-order valence-electron chi connectivity index (χ2n) is 11.9. The van der Waals surface area contributed by atoms with Crippen LogP contribution in [0.4, 0.5) is 4.79 Å². The Balaban J connectivity index is 0.947. The van der Waals surface area contributed by atoms with E-state index in [1.165, 1.54) is 22.3 Å². The van der Waals surface area contributed by atoms with E-state index in [-0.39, 0.29) is 5.92 Å². The molecule has 3 rings (SSSR count). The van der Waals surface area contributed by atoms with Crippen LogP contribution in [0.15, 0.2) is 48.5 Å². The fourth-order valence-corrected chi connectivity index (χ4v) is 5.36. The Kier molecular flexibility index (Phi) is 27.5. The van der Waals surface area contributed by atoms with Crippen LogP contribution in [-0.2, 0) is 56.8 Å². The van der Waals surface area contributed by atoms with Gasteiger partial charge in [-0.15, -0.1) is 0 Å². The minimum atomic E-state index is -0.415. The Morgan fingerprint density at radius 3 is 1.13 bits per heavy atom. The van der Waals surface area contributed by atoms with Gasteiger partial charge in [-0.25, -0.2) is 4.79 Å². The molecule has 2 aromatic rings. The third kappa shape index (κ3) is 21.4. The van der Waals surface area contributed by atoms with Crippen molar-refractivity contribution in [2.75, 3.05) is 159 Å². The molecule has 0 spiro atoms. The lowest BCUT2D eigenvalue weighted by atomic mass is 9.98. The molecule has 14 heteroatoms. The van der Waals surface area contributed by atoms with Gasteiger partial charge in [0, 0.05) is 25.7 Å². The lowest BCUT2D eigenvalue weighted by molar-refractivity contribution is -0.0274. The van der Waals surface area contributed by atoms with E-state index in [1.54, 1.807) is 0 Å². The van der Waals surface area contributed by atoms with E-state index in [1.807, 2.05) is 31.2 Å². The lowest BCUT2D eigenvalue weighted by Gasteiger charge is -2.14. The molecule has 54 heavy (non-hydrogen) atoms. The van der Waals surface area contributed by atoms with E-state index in [0.717, 1.165) is 0 Å². The summed E-state index contributed by atoms with van der Waals surface area (Å²) in [5.41, 5.74) is 4.81. The molecule has 0 heterocycles. The smallest absolute Gasteiger partial charge is 0.407 e. The van der Waals surface area contributed by atoms with Crippen LogP contribution < -0.4 is 5.32 Å². The molecule has 1 N–H and O–H groups in total. The fraction of sp³-hybridized carbons (Fsp3) is 0.675. The van der Waals surface area contributed by atoms with Gasteiger partial charge in [-0.05, 0) is 35.6 Å². The van der Waals surface area contributed by atoms with Crippen LogP contribution in [0.25, 0.3) is 11.1 Å². The molecular weight excluding hydrogens is 702 g/mol. The van der Waals surface area contributed by atoms with Crippen LogP contribution in [0.2, 0.25) is 0 Å². The van der Waals surface area contributed by atoms with Crippen LogP contribution in [0, 0.1) is 0 Å². The molecule has 0 aliphatic heterocycles. The van der Waals surface area contributed by atoms with Crippen molar-refractivity contribution in [3.8, 4) is 11.1 Å². The summed E-state index contributed by atoms with van der Waals surface area (Å²) in [4.78, 5) is 12.3. The number of carbonyl (C=O) groups excluding carboxylic acids is 1. The van der Waals surface area contributed by atoms with Crippen molar-refractivity contribution in [3.05, 3.63) is 59.7 Å². The number of fused-ring (bicyclic) bond motifs is 3. The third-order valence-corrected chi connectivity index (χ3v) is 8.00. The highest BCUT2D eigenvalue weighted by Crippen LogP contribution is 2.44. The van der Waals surface area contributed by atoms with Crippen molar-refractivity contribution in [1.29, 1.82) is 0 Å². The predicted molar refractivity (Wildman–Crippen MR) is 202 cm³/mol. The summed E-state index contributed by atoms with van der Waals surface area (Å²) in [6, 6.07) is 16.6. The molecule has 0 fully saturated rings. The molecule has 0 saturated heterocycles. The largest absolute Gasteiger partial charge is 0.449 e. The average Bonchev–Trinajstić information content (AvgIpc) is 3.52. The summed E-state index contributed by atoms with van der Waals surface area (Å²) < 4.78 is 65.6. The quantitative estimate of drug-likeness (QED) is 0.0989. The van der Waals surface area contributed by atoms with E-state index in [4.69, 9.17) is 56.8 Å². The van der Waals surface area contributed by atoms with Gasteiger partial charge in [-0.3, -0.25) is 0 Å². The van der Waals surface area contributed by atoms with Crippen molar-refractivity contribution in [1.82, 2.24) is 5.32 Å². The van der Waals surface area contributed by atoms with Crippen LogP contribution in [0.3, 0.4) is 0 Å². The number of rotatable bonds is 37. The third-order valence-electron chi connectivity index (χ3n) is 8.00. The van der Waals surface area contributed by atoms with Crippen LogP contribution in [-0.4, -0.2) is 165 Å². The van der Waals surface area contributed by atoms with Gasteiger partial charge in [0.25, 0.3) is 0 Å².